The summed E-state index contributed by atoms with van der Waals surface area (Å²) in [6.45, 7) is 1.95. The SMILES string of the molecule is Cc1ccc(Cl)c(OCn2ccc(C(=O)Nc3ccc(F)cc3F)n2)c1. The number of aromatic nitrogens is 2. The fourth-order valence-corrected chi connectivity index (χ4v) is 2.36. The molecule has 1 aromatic heterocycles. The van der Waals surface area contributed by atoms with Crippen molar-refractivity contribution in [3.05, 3.63) is 76.6 Å². The molecule has 5 nitrogen and oxygen atoms in total. The third kappa shape index (κ3) is 4.18. The first-order chi connectivity index (χ1) is 12.4. The van der Waals surface area contributed by atoms with Crippen molar-refractivity contribution in [1.29, 1.82) is 0 Å². The van der Waals surface area contributed by atoms with Crippen LogP contribution in [0.3, 0.4) is 0 Å². The quantitative estimate of drug-likeness (QED) is 0.716. The summed E-state index contributed by atoms with van der Waals surface area (Å²) in [6.07, 6.45) is 1.54. The minimum atomic E-state index is -0.866. The monoisotopic (exact) mass is 377 g/mol. The Morgan fingerprint density at radius 2 is 2.04 bits per heavy atom. The highest BCUT2D eigenvalue weighted by Crippen LogP contribution is 2.25. The van der Waals surface area contributed by atoms with Gasteiger partial charge in [0.2, 0.25) is 0 Å². The topological polar surface area (TPSA) is 56.1 Å². The molecule has 26 heavy (non-hydrogen) atoms. The third-order valence-electron chi connectivity index (χ3n) is 3.49. The number of halogens is 3. The Hall–Kier alpha value is -2.93. The van der Waals surface area contributed by atoms with Crippen LogP contribution in [0.15, 0.2) is 48.7 Å². The van der Waals surface area contributed by atoms with Crippen LogP contribution in [0.2, 0.25) is 5.02 Å². The Morgan fingerprint density at radius 3 is 2.81 bits per heavy atom. The van der Waals surface area contributed by atoms with Gasteiger partial charge in [-0.1, -0.05) is 17.7 Å². The van der Waals surface area contributed by atoms with Gasteiger partial charge in [0.05, 0.1) is 10.7 Å². The van der Waals surface area contributed by atoms with E-state index in [0.29, 0.717) is 16.8 Å². The molecule has 0 aliphatic heterocycles. The molecule has 3 aromatic rings. The van der Waals surface area contributed by atoms with Crippen LogP contribution < -0.4 is 10.1 Å². The van der Waals surface area contributed by atoms with Crippen LogP contribution in [0, 0.1) is 18.6 Å². The number of hydrogen-bond acceptors (Lipinski definition) is 3. The van der Waals surface area contributed by atoms with Gasteiger partial charge in [-0.25, -0.2) is 13.5 Å². The van der Waals surface area contributed by atoms with Gasteiger partial charge >= 0.3 is 0 Å². The fraction of sp³-hybridized carbons (Fsp3) is 0.111. The van der Waals surface area contributed by atoms with E-state index < -0.39 is 17.5 Å². The van der Waals surface area contributed by atoms with Gasteiger partial charge < -0.3 is 10.1 Å². The number of nitrogens with one attached hydrogen (secondary N) is 1. The highest BCUT2D eigenvalue weighted by atomic mass is 35.5. The number of rotatable bonds is 5. The van der Waals surface area contributed by atoms with E-state index in [2.05, 4.69) is 10.4 Å². The Labute approximate surface area is 153 Å². The summed E-state index contributed by atoms with van der Waals surface area (Å²) >= 11 is 6.05. The zero-order valence-electron chi connectivity index (χ0n) is 13.7. The molecule has 1 heterocycles. The van der Waals surface area contributed by atoms with Crippen LogP contribution in [0.1, 0.15) is 16.1 Å². The first-order valence-corrected chi connectivity index (χ1v) is 7.99. The molecule has 0 atom stereocenters. The van der Waals surface area contributed by atoms with Gasteiger partial charge in [0.15, 0.2) is 12.4 Å². The van der Waals surface area contributed by atoms with E-state index in [1.54, 1.807) is 18.3 Å². The van der Waals surface area contributed by atoms with Crippen LogP contribution in [0.5, 0.6) is 5.75 Å². The van der Waals surface area contributed by atoms with E-state index >= 15 is 0 Å². The predicted octanol–water partition coefficient (Wildman–Crippen LogP) is 4.41. The van der Waals surface area contributed by atoms with Gasteiger partial charge in [0, 0.05) is 12.3 Å². The molecule has 0 aliphatic carbocycles. The molecule has 1 amide bonds. The average molecular weight is 378 g/mol. The summed E-state index contributed by atoms with van der Waals surface area (Å²) in [5.41, 5.74) is 0.924. The number of benzene rings is 2. The van der Waals surface area contributed by atoms with Gasteiger partial charge in [-0.2, -0.15) is 5.10 Å². The van der Waals surface area contributed by atoms with Gasteiger partial charge in [-0.3, -0.25) is 4.79 Å². The number of carbonyl (C=O) groups excluding carboxylic acids is 1. The van der Waals surface area contributed by atoms with Crippen molar-refractivity contribution in [3.63, 3.8) is 0 Å². The molecule has 0 saturated carbocycles. The van der Waals surface area contributed by atoms with Crippen molar-refractivity contribution in [1.82, 2.24) is 9.78 Å². The fourth-order valence-electron chi connectivity index (χ4n) is 2.19. The minimum absolute atomic E-state index is 0.0430. The van der Waals surface area contributed by atoms with Crippen molar-refractivity contribution < 1.29 is 18.3 Å². The van der Waals surface area contributed by atoms with Crippen molar-refractivity contribution in [2.45, 2.75) is 13.7 Å². The molecule has 0 fully saturated rings. The summed E-state index contributed by atoms with van der Waals surface area (Å²) in [5, 5.41) is 6.87. The number of nitrogens with zero attached hydrogens (tertiary/aromatic N) is 2. The number of anilines is 1. The van der Waals surface area contributed by atoms with Crippen LogP contribution >= 0.6 is 11.6 Å². The van der Waals surface area contributed by atoms with Gasteiger partial charge in [-0.05, 0) is 42.8 Å². The molecule has 0 spiro atoms. The molecular weight excluding hydrogens is 364 g/mol. The lowest BCUT2D eigenvalue weighted by atomic mass is 10.2. The second-order valence-corrected chi connectivity index (χ2v) is 5.93. The van der Waals surface area contributed by atoms with E-state index in [4.69, 9.17) is 16.3 Å². The Bertz CT molecular complexity index is 959. The van der Waals surface area contributed by atoms with E-state index in [1.807, 2.05) is 13.0 Å². The minimum Gasteiger partial charge on any atom is -0.470 e. The Morgan fingerprint density at radius 1 is 1.23 bits per heavy atom. The first-order valence-electron chi connectivity index (χ1n) is 7.61. The van der Waals surface area contributed by atoms with Crippen LogP contribution in [0.4, 0.5) is 14.5 Å². The first kappa shape index (κ1) is 17.9. The number of carbonyl (C=O) groups is 1. The maximum Gasteiger partial charge on any atom is 0.276 e. The molecule has 0 bridgehead atoms. The summed E-state index contributed by atoms with van der Waals surface area (Å²) in [5.74, 6) is -1.71. The standard InChI is InChI=1S/C18H14ClF2N3O2/c1-11-2-4-13(19)17(8-11)26-10-24-7-6-16(23-24)18(25)22-15-5-3-12(20)9-14(15)21/h2-9H,10H2,1H3,(H,22,25). The van der Waals surface area contributed by atoms with E-state index in [9.17, 15) is 13.6 Å². The summed E-state index contributed by atoms with van der Waals surface area (Å²) in [4.78, 5) is 12.1. The second kappa shape index (κ2) is 7.53. The van der Waals surface area contributed by atoms with Crippen LogP contribution in [0.25, 0.3) is 0 Å². The third-order valence-corrected chi connectivity index (χ3v) is 3.80. The van der Waals surface area contributed by atoms with Crippen molar-refractivity contribution in [2.24, 2.45) is 0 Å². The Kier molecular flexibility index (Phi) is 5.18. The number of ether oxygens (including phenoxy) is 1. The average Bonchev–Trinajstić information content (AvgIpc) is 3.07. The van der Waals surface area contributed by atoms with Gasteiger partial charge in [-0.15, -0.1) is 0 Å². The Balaban J connectivity index is 1.65. The zero-order chi connectivity index (χ0) is 18.7. The molecule has 2 aromatic carbocycles. The van der Waals surface area contributed by atoms with Crippen LogP contribution in [-0.4, -0.2) is 15.7 Å². The smallest absolute Gasteiger partial charge is 0.276 e. The normalized spacial score (nSPS) is 10.6. The maximum atomic E-state index is 13.6. The van der Waals surface area contributed by atoms with Crippen molar-refractivity contribution >= 4 is 23.2 Å². The molecule has 0 radical (unpaired) electrons. The molecule has 134 valence electrons. The van der Waals surface area contributed by atoms with E-state index in [1.165, 1.54) is 10.7 Å². The van der Waals surface area contributed by atoms with E-state index in [0.717, 1.165) is 17.7 Å². The van der Waals surface area contributed by atoms with E-state index in [-0.39, 0.29) is 18.1 Å². The zero-order valence-corrected chi connectivity index (χ0v) is 14.4. The molecule has 1 N–H and O–H groups in total. The van der Waals surface area contributed by atoms with Crippen LogP contribution in [-0.2, 0) is 6.73 Å². The summed E-state index contributed by atoms with van der Waals surface area (Å²) in [7, 11) is 0. The molecule has 0 unspecified atom stereocenters. The van der Waals surface area contributed by atoms with Gasteiger partial charge in [0.1, 0.15) is 17.4 Å². The lowest BCUT2D eigenvalue weighted by Crippen LogP contribution is -2.15. The number of hydrogen-bond donors (Lipinski definition) is 1. The highest BCUT2D eigenvalue weighted by Gasteiger charge is 2.13. The molecule has 3 rings (SSSR count). The summed E-state index contributed by atoms with van der Waals surface area (Å²) < 4.78 is 33.5. The van der Waals surface area contributed by atoms with Gasteiger partial charge in [0.25, 0.3) is 5.91 Å². The van der Waals surface area contributed by atoms with Crippen molar-refractivity contribution in [3.8, 4) is 5.75 Å². The largest absolute Gasteiger partial charge is 0.470 e. The molecular formula is C18H14ClF2N3O2. The maximum absolute atomic E-state index is 13.6. The number of amides is 1. The molecule has 0 saturated heterocycles. The summed E-state index contributed by atoms with van der Waals surface area (Å²) in [6, 6.07) is 9.72. The second-order valence-electron chi connectivity index (χ2n) is 5.53. The number of aryl methyl sites for hydroxylation is 1. The molecule has 8 heteroatoms. The lowest BCUT2D eigenvalue weighted by molar-refractivity contribution is 0.101. The van der Waals surface area contributed by atoms with Crippen molar-refractivity contribution in [2.75, 3.05) is 5.32 Å². The molecule has 0 aliphatic rings. The predicted molar refractivity (Wildman–Crippen MR) is 93.4 cm³/mol. The lowest BCUT2D eigenvalue weighted by Gasteiger charge is -2.08. The highest BCUT2D eigenvalue weighted by molar-refractivity contribution is 6.32.